The van der Waals surface area contributed by atoms with Gasteiger partial charge in [-0.2, -0.15) is 6.42 Å². The topological polar surface area (TPSA) is 37.3 Å². The Kier molecular flexibility index (Phi) is 153. The predicted octanol–water partition coefficient (Wildman–Crippen LogP) is -2.28. The van der Waals surface area contributed by atoms with Crippen molar-refractivity contribution in [3.8, 4) is 0 Å². The van der Waals surface area contributed by atoms with Gasteiger partial charge in [0, 0.05) is 6.42 Å². The second-order valence-corrected chi connectivity index (χ2v) is 1.70. The van der Waals surface area contributed by atoms with Gasteiger partial charge < -0.3 is 49.2 Å². The molecule has 0 aromatic heterocycles. The standard InChI is InChI=1S/C6H11O2.5CH3.2K/c1-2-3-4-5-6(7)8;;;;;;;/h1-5H2,(H,7,8);5*1H3;;/q6*-1;2*+1. The van der Waals surface area contributed by atoms with Gasteiger partial charge in [0.1, 0.15) is 0 Å². The molecular formula is C11H26K2O2-4. The molecule has 88 valence electrons. The smallest absolute Gasteiger partial charge is 0.481 e. The van der Waals surface area contributed by atoms with Crippen molar-refractivity contribution in [3.05, 3.63) is 44.1 Å². The molecular weight excluding hydrogens is 242 g/mol. The first-order chi connectivity index (χ1) is 3.77. The minimum atomic E-state index is -0.710. The van der Waals surface area contributed by atoms with Crippen molar-refractivity contribution in [2.24, 2.45) is 0 Å². The van der Waals surface area contributed by atoms with Gasteiger partial charge in [-0.25, -0.2) is 0 Å². The SMILES string of the molecule is [CH2-]CCCCC(=O)O.[CH3-].[CH3-].[CH3-].[CH3-].[CH3-].[K+].[K+]. The van der Waals surface area contributed by atoms with E-state index < -0.39 is 5.97 Å². The van der Waals surface area contributed by atoms with Crippen LogP contribution in [0.2, 0.25) is 0 Å². The van der Waals surface area contributed by atoms with E-state index >= 15 is 0 Å². The molecule has 0 saturated heterocycles. The number of carboxylic acids is 1. The molecule has 0 spiro atoms. The summed E-state index contributed by atoms with van der Waals surface area (Å²) in [5.41, 5.74) is 0. The average Bonchev–Trinajstić information content (AvgIpc) is 1.66. The second kappa shape index (κ2) is 43.7. The van der Waals surface area contributed by atoms with Gasteiger partial charge in [0.05, 0.1) is 0 Å². The molecule has 0 bridgehead atoms. The Bertz CT molecular complexity index is 79.0. The third-order valence-corrected chi connectivity index (χ3v) is 0.891. The average molecular weight is 269 g/mol. The van der Waals surface area contributed by atoms with E-state index in [1.165, 1.54) is 0 Å². The zero-order valence-corrected chi connectivity index (χ0v) is 18.1. The second-order valence-electron chi connectivity index (χ2n) is 1.70. The molecule has 0 aromatic carbocycles. The summed E-state index contributed by atoms with van der Waals surface area (Å²) in [5.74, 6) is -0.710. The number of carbonyl (C=O) groups is 1. The Labute approximate surface area is 184 Å². The maximum Gasteiger partial charge on any atom is 1.00 e. The summed E-state index contributed by atoms with van der Waals surface area (Å²) in [6.07, 6.45) is 2.81. The van der Waals surface area contributed by atoms with Gasteiger partial charge in [-0.3, -0.25) is 4.79 Å². The zero-order chi connectivity index (χ0) is 6.41. The van der Waals surface area contributed by atoms with Crippen LogP contribution in [0.4, 0.5) is 0 Å². The summed E-state index contributed by atoms with van der Waals surface area (Å²) < 4.78 is 0. The van der Waals surface area contributed by atoms with E-state index in [9.17, 15) is 4.79 Å². The normalized spacial score (nSPS) is 4.87. The number of aliphatic carboxylic acids is 1. The van der Waals surface area contributed by atoms with Crippen LogP contribution < -0.4 is 103 Å². The van der Waals surface area contributed by atoms with Gasteiger partial charge in [0.2, 0.25) is 0 Å². The first-order valence-electron chi connectivity index (χ1n) is 2.78. The third-order valence-electron chi connectivity index (χ3n) is 0.891. The molecule has 2 nitrogen and oxygen atoms in total. The summed E-state index contributed by atoms with van der Waals surface area (Å²) in [6.45, 7) is 3.59. The quantitative estimate of drug-likeness (QED) is 0.355. The molecule has 0 fully saturated rings. The fourth-order valence-corrected chi connectivity index (χ4v) is 0.453. The summed E-state index contributed by atoms with van der Waals surface area (Å²) in [5, 5.41) is 8.12. The first kappa shape index (κ1) is 52.4. The van der Waals surface area contributed by atoms with E-state index in [4.69, 9.17) is 5.11 Å². The molecule has 4 heteroatoms. The van der Waals surface area contributed by atoms with Crippen LogP contribution in [0.25, 0.3) is 0 Å². The Balaban J connectivity index is -0.0000000117. The molecule has 0 radical (unpaired) electrons. The van der Waals surface area contributed by atoms with E-state index in [2.05, 4.69) is 6.92 Å². The summed E-state index contributed by atoms with van der Waals surface area (Å²) in [7, 11) is 0. The minimum absolute atomic E-state index is 0. The largest absolute Gasteiger partial charge is 1.00 e. The number of hydrogen-bond donors (Lipinski definition) is 1. The van der Waals surface area contributed by atoms with Crippen LogP contribution in [0.3, 0.4) is 0 Å². The molecule has 0 unspecified atom stereocenters. The number of rotatable bonds is 4. The molecule has 0 atom stereocenters. The van der Waals surface area contributed by atoms with E-state index in [1.54, 1.807) is 0 Å². The van der Waals surface area contributed by atoms with Gasteiger partial charge in [0.25, 0.3) is 0 Å². The number of carboxylic acid groups (broad SMARTS) is 1. The van der Waals surface area contributed by atoms with Crippen molar-refractivity contribution in [1.29, 1.82) is 0 Å². The van der Waals surface area contributed by atoms with Crippen molar-refractivity contribution in [2.75, 3.05) is 0 Å². The van der Waals surface area contributed by atoms with E-state index in [1.807, 2.05) is 0 Å². The monoisotopic (exact) mass is 268 g/mol. The van der Waals surface area contributed by atoms with Crippen molar-refractivity contribution in [2.45, 2.75) is 25.7 Å². The number of hydrogen-bond acceptors (Lipinski definition) is 1. The number of unbranched alkanes of at least 4 members (excludes halogenated alkanes) is 2. The Hall–Kier alpha value is 2.74. The van der Waals surface area contributed by atoms with Gasteiger partial charge >= 0.3 is 109 Å². The summed E-state index contributed by atoms with van der Waals surface area (Å²) in [6, 6.07) is 0. The molecule has 0 rings (SSSR count). The third kappa shape index (κ3) is 60.7. The Morgan fingerprint density at radius 2 is 1.27 bits per heavy atom. The molecule has 1 N–H and O–H groups in total. The van der Waals surface area contributed by atoms with Crippen LogP contribution in [0, 0.1) is 44.1 Å². The van der Waals surface area contributed by atoms with Crippen LogP contribution in [0.5, 0.6) is 0 Å². The molecule has 0 saturated carbocycles. The van der Waals surface area contributed by atoms with Gasteiger partial charge in [-0.05, 0) is 6.42 Å². The summed E-state index contributed by atoms with van der Waals surface area (Å²) in [4.78, 5) is 9.85. The fraction of sp³-hybridized carbons (Fsp3) is 0.364. The first-order valence-corrected chi connectivity index (χ1v) is 2.78. The molecule has 0 aromatic rings. The van der Waals surface area contributed by atoms with E-state index in [0.29, 0.717) is 0 Å². The molecule has 0 aliphatic carbocycles. The van der Waals surface area contributed by atoms with Crippen LogP contribution in [-0.2, 0) is 4.79 Å². The van der Waals surface area contributed by atoms with Crippen LogP contribution in [0.1, 0.15) is 25.7 Å². The summed E-state index contributed by atoms with van der Waals surface area (Å²) >= 11 is 0. The van der Waals surface area contributed by atoms with Crippen molar-refractivity contribution in [3.63, 3.8) is 0 Å². The maximum atomic E-state index is 9.85. The predicted molar refractivity (Wildman–Crippen MR) is 63.5 cm³/mol. The van der Waals surface area contributed by atoms with Crippen LogP contribution in [-0.4, -0.2) is 11.1 Å². The van der Waals surface area contributed by atoms with Gasteiger partial charge in [0.15, 0.2) is 0 Å². The Morgan fingerprint density at radius 1 is 0.933 bits per heavy atom. The molecule has 0 amide bonds. The van der Waals surface area contributed by atoms with Crippen molar-refractivity contribution in [1.82, 2.24) is 0 Å². The molecule has 15 heavy (non-hydrogen) atoms. The molecule has 0 aliphatic heterocycles. The van der Waals surface area contributed by atoms with Crippen LogP contribution in [0.15, 0.2) is 0 Å². The maximum absolute atomic E-state index is 9.85. The van der Waals surface area contributed by atoms with Crippen LogP contribution >= 0.6 is 0 Å². The van der Waals surface area contributed by atoms with Crippen molar-refractivity contribution < 1.29 is 113 Å². The minimum Gasteiger partial charge on any atom is -0.481 e. The van der Waals surface area contributed by atoms with Gasteiger partial charge in [-0.15, -0.1) is 0 Å². The van der Waals surface area contributed by atoms with Crippen molar-refractivity contribution >= 4 is 5.97 Å². The fourth-order valence-electron chi connectivity index (χ4n) is 0.453. The zero-order valence-electron chi connectivity index (χ0n) is 11.9. The molecule has 0 aliphatic rings. The van der Waals surface area contributed by atoms with E-state index in [0.717, 1.165) is 19.3 Å². The molecule has 0 heterocycles. The van der Waals surface area contributed by atoms with E-state index in [-0.39, 0.29) is 146 Å². The Morgan fingerprint density at radius 3 is 1.47 bits per heavy atom. The van der Waals surface area contributed by atoms with Gasteiger partial charge in [-0.1, -0.05) is 6.42 Å².